The second-order valence-corrected chi connectivity index (χ2v) is 5.95. The van der Waals surface area contributed by atoms with Gasteiger partial charge in [0.25, 0.3) is 5.17 Å². The molecule has 0 aliphatic rings. The fourth-order valence-electron chi connectivity index (χ4n) is 2.57. The lowest BCUT2D eigenvalue weighted by Crippen LogP contribution is -2.27. The van der Waals surface area contributed by atoms with Gasteiger partial charge in [0.15, 0.2) is 0 Å². The van der Waals surface area contributed by atoms with E-state index >= 15 is 0 Å². The molecule has 0 aliphatic carbocycles. The van der Waals surface area contributed by atoms with Crippen LogP contribution in [0.25, 0.3) is 0 Å². The van der Waals surface area contributed by atoms with E-state index < -0.39 is 0 Å². The normalized spacial score (nSPS) is 10.4. The van der Waals surface area contributed by atoms with Crippen molar-refractivity contribution in [3.63, 3.8) is 0 Å². The molecule has 0 spiro atoms. The molecule has 0 bridgehead atoms. The molecule has 5 heteroatoms. The highest BCUT2D eigenvalue weighted by molar-refractivity contribution is 7.80. The molecule has 0 radical (unpaired) electrons. The van der Waals surface area contributed by atoms with Crippen LogP contribution in [0.1, 0.15) is 29.2 Å². The number of hydrogen-bond donors (Lipinski definition) is 1. The van der Waals surface area contributed by atoms with E-state index in [1.54, 1.807) is 6.07 Å². The largest absolute Gasteiger partial charge is 0.489 e. The molecule has 128 valence electrons. The number of rotatable bonds is 5. The summed E-state index contributed by atoms with van der Waals surface area (Å²) < 4.78 is 10.9. The van der Waals surface area contributed by atoms with E-state index in [1.165, 1.54) is 18.2 Å². The Hall–Kier alpha value is -2.11. The molecular weight excluding hydrogens is 322 g/mol. The van der Waals surface area contributed by atoms with Crippen molar-refractivity contribution in [1.82, 2.24) is 0 Å². The average Bonchev–Trinajstić information content (AvgIpc) is 2.60. The number of methoxy groups -OCH3 is 1. The van der Waals surface area contributed by atoms with Gasteiger partial charge in [-0.05, 0) is 61.3 Å². The summed E-state index contributed by atoms with van der Waals surface area (Å²) in [5.41, 5.74) is 5.01. The molecule has 0 unspecified atom stereocenters. The smallest absolute Gasteiger partial charge is 0.288 e. The van der Waals surface area contributed by atoms with Crippen LogP contribution in [0.5, 0.6) is 5.75 Å². The number of thiocarbonyl (C=S) groups is 1. The van der Waals surface area contributed by atoms with Crippen LogP contribution >= 0.6 is 12.2 Å². The highest BCUT2D eigenvalue weighted by atomic mass is 32.1. The van der Waals surface area contributed by atoms with Crippen molar-refractivity contribution in [3.8, 4) is 5.75 Å². The third-order valence-corrected chi connectivity index (χ3v) is 4.30. The maximum atomic E-state index is 10.1. The molecule has 0 saturated carbocycles. The molecule has 0 aliphatic heterocycles. The maximum absolute atomic E-state index is 10.1. The van der Waals surface area contributed by atoms with Gasteiger partial charge in [-0.15, -0.1) is 0 Å². The molecule has 24 heavy (non-hydrogen) atoms. The quantitative estimate of drug-likeness (QED) is 0.635. The highest BCUT2D eigenvalue weighted by Gasteiger charge is 2.14. The third-order valence-electron chi connectivity index (χ3n) is 3.96. The van der Waals surface area contributed by atoms with Crippen LogP contribution in [-0.2, 0) is 17.8 Å². The van der Waals surface area contributed by atoms with Crippen LogP contribution < -0.4 is 9.80 Å². The van der Waals surface area contributed by atoms with Crippen molar-refractivity contribution in [2.45, 2.75) is 33.8 Å². The van der Waals surface area contributed by atoms with Crippen LogP contribution in [0, 0.1) is 13.8 Å². The van der Waals surface area contributed by atoms with Crippen LogP contribution in [0.15, 0.2) is 36.4 Å². The van der Waals surface area contributed by atoms with Crippen molar-refractivity contribution in [3.05, 3.63) is 58.7 Å². The number of benzene rings is 2. The molecule has 0 heterocycles. The Morgan fingerprint density at radius 3 is 2.50 bits per heavy atom. The van der Waals surface area contributed by atoms with E-state index in [0.29, 0.717) is 12.3 Å². The Balaban J connectivity index is 2.21. The average molecular weight is 345 g/mol. The number of para-hydroxylation sites is 1. The molecule has 0 aromatic heterocycles. The number of ether oxygens (including phenoxy) is 2. The van der Waals surface area contributed by atoms with Gasteiger partial charge in [-0.3, -0.25) is 5.21 Å². The van der Waals surface area contributed by atoms with Crippen molar-refractivity contribution in [2.24, 2.45) is 0 Å². The molecule has 4 nitrogen and oxygen atoms in total. The van der Waals surface area contributed by atoms with Crippen LogP contribution in [-0.4, -0.2) is 17.5 Å². The zero-order valence-corrected chi connectivity index (χ0v) is 15.3. The third kappa shape index (κ3) is 4.04. The first kappa shape index (κ1) is 18.2. The number of hydrogen-bond acceptors (Lipinski definition) is 4. The second kappa shape index (κ2) is 8.13. The van der Waals surface area contributed by atoms with Crippen LogP contribution in [0.4, 0.5) is 5.69 Å². The van der Waals surface area contributed by atoms with E-state index in [0.717, 1.165) is 28.4 Å². The predicted octanol–water partition coefficient (Wildman–Crippen LogP) is 4.57. The molecule has 0 saturated heterocycles. The monoisotopic (exact) mass is 345 g/mol. The Labute approximate surface area is 148 Å². The van der Waals surface area contributed by atoms with E-state index in [1.807, 2.05) is 25.1 Å². The van der Waals surface area contributed by atoms with Gasteiger partial charge in [-0.2, -0.15) is 5.06 Å². The maximum Gasteiger partial charge on any atom is 0.288 e. The summed E-state index contributed by atoms with van der Waals surface area (Å²) in [5, 5.41) is 11.0. The fraction of sp³-hybridized carbons (Fsp3) is 0.316. The second-order valence-electron chi connectivity index (χ2n) is 5.60. The van der Waals surface area contributed by atoms with Gasteiger partial charge in [-0.1, -0.05) is 31.2 Å². The Kier molecular flexibility index (Phi) is 6.17. The first-order valence-corrected chi connectivity index (χ1v) is 8.26. The highest BCUT2D eigenvalue weighted by Crippen LogP contribution is 2.26. The SMILES string of the molecule is CCc1cc(C)c(OCc2ccccc2N(O)C(=S)OC)cc1C. The Morgan fingerprint density at radius 2 is 1.83 bits per heavy atom. The topological polar surface area (TPSA) is 41.9 Å². The zero-order chi connectivity index (χ0) is 17.7. The number of hydroxylamine groups is 1. The lowest BCUT2D eigenvalue weighted by atomic mass is 10.0. The summed E-state index contributed by atoms with van der Waals surface area (Å²) >= 11 is 4.98. The molecule has 0 amide bonds. The standard InChI is InChI=1S/C19H23NO3S/c1-5-15-10-14(3)18(11-13(15)2)23-12-16-8-6-7-9-17(16)20(21)19(24)22-4/h6-11,21H,5,12H2,1-4H3. The predicted molar refractivity (Wildman–Crippen MR) is 99.9 cm³/mol. The van der Waals surface area contributed by atoms with Crippen LogP contribution in [0.2, 0.25) is 0 Å². The molecule has 2 rings (SSSR count). The number of nitrogens with zero attached hydrogens (tertiary/aromatic N) is 1. The van der Waals surface area contributed by atoms with Crippen molar-refractivity contribution >= 4 is 23.1 Å². The molecule has 0 atom stereocenters. The summed E-state index contributed by atoms with van der Waals surface area (Å²) in [7, 11) is 1.42. The lowest BCUT2D eigenvalue weighted by molar-refractivity contribution is 0.264. The van der Waals surface area contributed by atoms with E-state index in [2.05, 4.69) is 26.0 Å². The van der Waals surface area contributed by atoms with Gasteiger partial charge >= 0.3 is 0 Å². The minimum absolute atomic E-state index is 0.0122. The molecular formula is C19H23NO3S. The molecule has 2 aromatic carbocycles. The molecule has 2 aromatic rings. The summed E-state index contributed by atoms with van der Waals surface area (Å²) in [6, 6.07) is 11.6. The Bertz CT molecular complexity index is 731. The van der Waals surface area contributed by atoms with E-state index in [4.69, 9.17) is 21.7 Å². The van der Waals surface area contributed by atoms with Gasteiger partial charge in [0.1, 0.15) is 12.4 Å². The summed E-state index contributed by atoms with van der Waals surface area (Å²) in [4.78, 5) is 0. The van der Waals surface area contributed by atoms with Gasteiger partial charge < -0.3 is 9.47 Å². The minimum Gasteiger partial charge on any atom is -0.489 e. The first-order chi connectivity index (χ1) is 11.5. The summed E-state index contributed by atoms with van der Waals surface area (Å²) in [6.07, 6.45) is 1.00. The number of anilines is 1. The summed E-state index contributed by atoms with van der Waals surface area (Å²) in [5.74, 6) is 0.846. The van der Waals surface area contributed by atoms with Crippen molar-refractivity contribution in [2.75, 3.05) is 12.2 Å². The van der Waals surface area contributed by atoms with Gasteiger partial charge in [-0.25, -0.2) is 0 Å². The summed E-state index contributed by atoms with van der Waals surface area (Å²) in [6.45, 7) is 6.60. The van der Waals surface area contributed by atoms with Crippen molar-refractivity contribution < 1.29 is 14.7 Å². The Morgan fingerprint density at radius 1 is 1.12 bits per heavy atom. The lowest BCUT2D eigenvalue weighted by Gasteiger charge is -2.20. The van der Waals surface area contributed by atoms with Gasteiger partial charge in [0.2, 0.25) is 0 Å². The van der Waals surface area contributed by atoms with Gasteiger partial charge in [0, 0.05) is 5.56 Å². The van der Waals surface area contributed by atoms with Crippen LogP contribution in [0.3, 0.4) is 0 Å². The number of aryl methyl sites for hydroxylation is 3. The van der Waals surface area contributed by atoms with Gasteiger partial charge in [0.05, 0.1) is 12.8 Å². The van der Waals surface area contributed by atoms with Crippen molar-refractivity contribution in [1.29, 1.82) is 0 Å². The van der Waals surface area contributed by atoms with E-state index in [-0.39, 0.29) is 5.17 Å². The fourth-order valence-corrected chi connectivity index (χ4v) is 2.66. The molecule has 1 N–H and O–H groups in total. The molecule has 0 fully saturated rings. The minimum atomic E-state index is -0.0122. The van der Waals surface area contributed by atoms with E-state index in [9.17, 15) is 5.21 Å². The zero-order valence-electron chi connectivity index (χ0n) is 14.5. The first-order valence-electron chi connectivity index (χ1n) is 7.85.